The van der Waals surface area contributed by atoms with E-state index in [1.54, 1.807) is 24.3 Å². The van der Waals surface area contributed by atoms with Crippen LogP contribution in [-0.4, -0.2) is 63.4 Å². The van der Waals surface area contributed by atoms with Crippen LogP contribution in [0.5, 0.6) is 0 Å². The van der Waals surface area contributed by atoms with E-state index in [1.165, 1.54) is 30.1 Å². The van der Waals surface area contributed by atoms with Gasteiger partial charge in [-0.25, -0.2) is 24.5 Å². The van der Waals surface area contributed by atoms with Gasteiger partial charge in [-0.05, 0) is 56.1 Å². The molecular weight excluding hydrogens is 689 g/mol. The molecule has 15 heteroatoms. The summed E-state index contributed by atoms with van der Waals surface area (Å²) in [6, 6.07) is 9.60. The largest absolute Gasteiger partial charge is 0.451 e. The molecule has 0 saturated carbocycles. The fraction of sp³-hybridized carbons (Fsp3) is 0.143. The Morgan fingerprint density at radius 3 is 2.61 bits per heavy atom. The summed E-state index contributed by atoms with van der Waals surface area (Å²) < 4.78 is 7.16. The van der Waals surface area contributed by atoms with Crippen LogP contribution in [-0.2, 0) is 4.74 Å². The number of ether oxygens (including phenoxy) is 1. The van der Waals surface area contributed by atoms with Crippen molar-refractivity contribution in [2.24, 2.45) is 0 Å². The van der Waals surface area contributed by atoms with Crippen LogP contribution in [0.4, 0.5) is 10.5 Å². The number of hydrogen-bond donors (Lipinski definition) is 1. The second-order valence-corrected chi connectivity index (χ2v) is 9.84. The van der Waals surface area contributed by atoms with Gasteiger partial charge in [-0.2, -0.15) is 10.4 Å². The smallest absolute Gasteiger partial charge is 0.429 e. The van der Waals surface area contributed by atoms with Gasteiger partial charge in [0.05, 0.1) is 29.5 Å². The van der Waals surface area contributed by atoms with E-state index < -0.39 is 24.5 Å². The number of nitriles is 1. The number of rotatable bonds is 5. The lowest BCUT2D eigenvalue weighted by molar-refractivity contribution is 0.0129. The Labute approximate surface area is 235 Å². The van der Waals surface area contributed by atoms with Crippen molar-refractivity contribution in [2.45, 2.75) is 0 Å². The Balaban J connectivity index is 2.03. The number of nitrogens with zero attached hydrogens (tertiary/aromatic N) is 6. The minimum absolute atomic E-state index is 0.0138. The van der Waals surface area contributed by atoms with Crippen LogP contribution in [0.3, 0.4) is 0 Å². The number of nitrogens with one attached hydrogen (secondary N) is 1. The SMILES string of the molecule is COC(=O)N(CC#N)N(C)C(=O)c1cc(Br)cc(Br)c1NC(=O)c1cc(Br)nn1-c1ncccc1Cl. The van der Waals surface area contributed by atoms with Crippen LogP contribution in [0, 0.1) is 11.3 Å². The highest BCUT2D eigenvalue weighted by atomic mass is 79.9. The van der Waals surface area contributed by atoms with E-state index in [1.807, 2.05) is 0 Å². The molecule has 1 aromatic carbocycles. The molecule has 0 unspecified atom stereocenters. The third-order valence-corrected chi connectivity index (χ3v) is 6.40. The molecule has 0 radical (unpaired) electrons. The molecule has 3 rings (SSSR count). The van der Waals surface area contributed by atoms with Gasteiger partial charge in [0.25, 0.3) is 11.8 Å². The van der Waals surface area contributed by atoms with Gasteiger partial charge in [-0.3, -0.25) is 9.59 Å². The van der Waals surface area contributed by atoms with E-state index in [4.69, 9.17) is 16.9 Å². The van der Waals surface area contributed by atoms with Crippen molar-refractivity contribution >= 4 is 83.0 Å². The molecular formula is C21H15Br3ClN7O4. The number of anilines is 1. The third kappa shape index (κ3) is 5.86. The standard InChI is InChI=1S/C21H15Br3ClN7O4/c1-30(31(7-5-26)21(35)36-2)20(34)12-8-11(22)9-13(23)17(12)28-19(33)15-10-16(24)29-32(15)18-14(25)4-3-6-27-18/h3-4,6,8-10H,7H2,1-2H3,(H,28,33). The highest BCUT2D eigenvalue weighted by Crippen LogP contribution is 2.33. The Morgan fingerprint density at radius 1 is 1.25 bits per heavy atom. The second kappa shape index (κ2) is 11.8. The highest BCUT2D eigenvalue weighted by Gasteiger charge is 2.28. The fourth-order valence-corrected chi connectivity index (χ4v) is 4.91. The fourth-order valence-electron chi connectivity index (χ4n) is 3.00. The maximum Gasteiger partial charge on any atom is 0.429 e. The molecule has 0 saturated heterocycles. The van der Waals surface area contributed by atoms with Crippen LogP contribution in [0.1, 0.15) is 20.8 Å². The topological polar surface area (TPSA) is 133 Å². The molecule has 3 aromatic rings. The zero-order valence-electron chi connectivity index (χ0n) is 18.5. The maximum atomic E-state index is 13.4. The Morgan fingerprint density at radius 2 is 1.97 bits per heavy atom. The van der Waals surface area contributed by atoms with Gasteiger partial charge in [0.1, 0.15) is 16.8 Å². The first-order chi connectivity index (χ1) is 17.1. The van der Waals surface area contributed by atoms with Gasteiger partial charge in [-0.1, -0.05) is 27.5 Å². The zero-order chi connectivity index (χ0) is 26.6. The number of methoxy groups -OCH3 is 1. The van der Waals surface area contributed by atoms with Gasteiger partial charge < -0.3 is 10.1 Å². The summed E-state index contributed by atoms with van der Waals surface area (Å²) >= 11 is 16.2. The van der Waals surface area contributed by atoms with Crippen molar-refractivity contribution in [2.75, 3.05) is 26.0 Å². The Kier molecular flexibility index (Phi) is 9.07. The summed E-state index contributed by atoms with van der Waals surface area (Å²) in [5.41, 5.74) is 0.197. The monoisotopic (exact) mass is 701 g/mol. The summed E-state index contributed by atoms with van der Waals surface area (Å²) in [4.78, 5) is 43.0. The molecule has 2 heterocycles. The number of carbonyl (C=O) groups is 3. The Bertz CT molecular complexity index is 1390. The number of carbonyl (C=O) groups excluding carboxylic acids is 3. The molecule has 0 bridgehead atoms. The number of benzene rings is 1. The number of amides is 3. The third-order valence-electron chi connectivity index (χ3n) is 4.64. The lowest BCUT2D eigenvalue weighted by Crippen LogP contribution is -2.47. The minimum Gasteiger partial charge on any atom is -0.451 e. The first-order valence-corrected chi connectivity index (χ1v) is 12.5. The van der Waals surface area contributed by atoms with E-state index in [-0.39, 0.29) is 27.8 Å². The molecule has 186 valence electrons. The number of halogens is 4. The van der Waals surface area contributed by atoms with Crippen LogP contribution in [0.2, 0.25) is 5.02 Å². The molecule has 11 nitrogen and oxygen atoms in total. The Hall–Kier alpha value is -2.99. The molecule has 3 amide bonds. The molecule has 0 aliphatic rings. The predicted octanol–water partition coefficient (Wildman–Crippen LogP) is 5.04. The molecule has 0 fully saturated rings. The summed E-state index contributed by atoms with van der Waals surface area (Å²) in [5.74, 6) is -1.10. The lowest BCUT2D eigenvalue weighted by atomic mass is 10.1. The highest BCUT2D eigenvalue weighted by molar-refractivity contribution is 9.11. The van der Waals surface area contributed by atoms with Crippen molar-refractivity contribution in [3.8, 4) is 11.9 Å². The quantitative estimate of drug-likeness (QED) is 0.291. The average Bonchev–Trinajstić information content (AvgIpc) is 3.24. The molecule has 1 N–H and O–H groups in total. The van der Waals surface area contributed by atoms with Gasteiger partial charge in [-0.15, -0.1) is 0 Å². The molecule has 2 aromatic heterocycles. The van der Waals surface area contributed by atoms with Crippen LogP contribution in [0.15, 0.2) is 50.1 Å². The van der Waals surface area contributed by atoms with Gasteiger partial charge in [0, 0.05) is 28.3 Å². The molecule has 0 aliphatic heterocycles. The van der Waals surface area contributed by atoms with Crippen molar-refractivity contribution in [1.82, 2.24) is 24.8 Å². The normalized spacial score (nSPS) is 10.4. The van der Waals surface area contributed by atoms with E-state index >= 15 is 0 Å². The predicted molar refractivity (Wildman–Crippen MR) is 141 cm³/mol. The van der Waals surface area contributed by atoms with Gasteiger partial charge in [0.15, 0.2) is 5.82 Å². The van der Waals surface area contributed by atoms with Gasteiger partial charge >= 0.3 is 6.09 Å². The number of hydrazine groups is 1. The summed E-state index contributed by atoms with van der Waals surface area (Å²) in [6.45, 7) is -0.441. The lowest BCUT2D eigenvalue weighted by Gasteiger charge is -2.29. The van der Waals surface area contributed by atoms with Crippen molar-refractivity contribution in [3.63, 3.8) is 0 Å². The summed E-state index contributed by atoms with van der Waals surface area (Å²) in [6.07, 6.45) is 0.595. The molecule has 36 heavy (non-hydrogen) atoms. The van der Waals surface area contributed by atoms with Crippen LogP contribution in [0.25, 0.3) is 5.82 Å². The van der Waals surface area contributed by atoms with E-state index in [2.05, 4.69) is 67.9 Å². The van der Waals surface area contributed by atoms with Crippen molar-refractivity contribution in [1.29, 1.82) is 5.26 Å². The second-order valence-electron chi connectivity index (χ2n) is 6.85. The molecule has 0 atom stereocenters. The molecule has 0 spiro atoms. The first kappa shape index (κ1) is 27.6. The average molecular weight is 705 g/mol. The number of hydrogen-bond acceptors (Lipinski definition) is 7. The zero-order valence-corrected chi connectivity index (χ0v) is 24.0. The first-order valence-electron chi connectivity index (χ1n) is 9.76. The van der Waals surface area contributed by atoms with Crippen molar-refractivity contribution < 1.29 is 19.1 Å². The van der Waals surface area contributed by atoms with E-state index in [0.29, 0.717) is 13.5 Å². The number of pyridine rings is 1. The van der Waals surface area contributed by atoms with Crippen molar-refractivity contribution in [3.05, 3.63) is 66.4 Å². The van der Waals surface area contributed by atoms with Crippen LogP contribution >= 0.6 is 59.4 Å². The van der Waals surface area contributed by atoms with E-state index in [0.717, 1.165) is 17.1 Å². The minimum atomic E-state index is -0.909. The van der Waals surface area contributed by atoms with Gasteiger partial charge in [0.2, 0.25) is 0 Å². The van der Waals surface area contributed by atoms with Crippen LogP contribution < -0.4 is 5.32 Å². The van der Waals surface area contributed by atoms with E-state index in [9.17, 15) is 14.4 Å². The molecule has 0 aliphatic carbocycles. The summed E-state index contributed by atoms with van der Waals surface area (Å²) in [5, 5.41) is 18.0. The maximum absolute atomic E-state index is 13.4. The number of aromatic nitrogens is 3. The summed E-state index contributed by atoms with van der Waals surface area (Å²) in [7, 11) is 2.42.